The smallest absolute Gasteiger partial charge is 0.415 e. The molecule has 0 aromatic carbocycles. The van der Waals surface area contributed by atoms with Crippen molar-refractivity contribution >= 4 is 11.9 Å². The zero-order valence-electron chi connectivity index (χ0n) is 11.9. The molecule has 2 heterocycles. The summed E-state index contributed by atoms with van der Waals surface area (Å²) in [5.74, 6) is -0.314. The standard InChI is InChI=1S/C12H13F3N4O4/c1-19(5-8(20)12(13,14)15)6-9(21)16-11-18-17-10(23-11)7-3-2-4-22-7/h2-4,8,20H,5-6H2,1H3,(H,16,18,21). The molecule has 11 heteroatoms. The molecule has 0 fully saturated rings. The summed E-state index contributed by atoms with van der Waals surface area (Å²) in [6, 6.07) is 2.97. The molecule has 0 saturated heterocycles. The Balaban J connectivity index is 1.85. The third kappa shape index (κ3) is 4.79. The van der Waals surface area contributed by atoms with Crippen molar-refractivity contribution in [3.63, 3.8) is 0 Å². The van der Waals surface area contributed by atoms with Gasteiger partial charge in [-0.2, -0.15) is 13.2 Å². The maximum Gasteiger partial charge on any atom is 0.415 e. The van der Waals surface area contributed by atoms with E-state index in [0.29, 0.717) is 5.76 Å². The number of amides is 1. The van der Waals surface area contributed by atoms with Crippen molar-refractivity contribution in [3.05, 3.63) is 18.4 Å². The Bertz CT molecular complexity index is 641. The number of rotatable bonds is 6. The minimum atomic E-state index is -4.74. The van der Waals surface area contributed by atoms with Crippen LogP contribution in [0.3, 0.4) is 0 Å². The summed E-state index contributed by atoms with van der Waals surface area (Å²) >= 11 is 0. The number of hydrogen-bond acceptors (Lipinski definition) is 7. The molecule has 1 amide bonds. The SMILES string of the molecule is CN(CC(=O)Nc1nnc(-c2ccco2)o1)CC(O)C(F)(F)F. The molecule has 0 aliphatic heterocycles. The van der Waals surface area contributed by atoms with E-state index in [1.165, 1.54) is 13.3 Å². The number of furan rings is 1. The highest BCUT2D eigenvalue weighted by atomic mass is 19.4. The summed E-state index contributed by atoms with van der Waals surface area (Å²) in [5.41, 5.74) is 0. The van der Waals surface area contributed by atoms with Crippen LogP contribution in [0.5, 0.6) is 0 Å². The molecule has 2 aromatic heterocycles. The van der Waals surface area contributed by atoms with Crippen LogP contribution in [-0.4, -0.2) is 58.5 Å². The summed E-state index contributed by atoms with van der Waals surface area (Å²) in [7, 11) is 1.26. The van der Waals surface area contributed by atoms with E-state index in [2.05, 4.69) is 15.5 Å². The van der Waals surface area contributed by atoms with E-state index in [4.69, 9.17) is 13.9 Å². The second kappa shape index (κ2) is 6.79. The van der Waals surface area contributed by atoms with Crippen LogP contribution in [0, 0.1) is 0 Å². The minimum absolute atomic E-state index is 0.0474. The van der Waals surface area contributed by atoms with E-state index in [1.54, 1.807) is 12.1 Å². The molecule has 126 valence electrons. The average molecular weight is 334 g/mol. The fourth-order valence-corrected chi connectivity index (χ4v) is 1.64. The molecule has 0 bridgehead atoms. The zero-order valence-corrected chi connectivity index (χ0v) is 11.9. The Labute approximate surface area is 127 Å². The zero-order chi connectivity index (χ0) is 17.0. The largest absolute Gasteiger partial charge is 0.459 e. The molecule has 8 nitrogen and oxygen atoms in total. The first-order valence-corrected chi connectivity index (χ1v) is 6.36. The predicted molar refractivity (Wildman–Crippen MR) is 70.2 cm³/mol. The topological polar surface area (TPSA) is 105 Å². The fourth-order valence-electron chi connectivity index (χ4n) is 1.64. The first-order chi connectivity index (χ1) is 10.8. The van der Waals surface area contributed by atoms with Crippen LogP contribution in [0.1, 0.15) is 0 Å². The van der Waals surface area contributed by atoms with Crippen molar-refractivity contribution < 1.29 is 31.9 Å². The number of nitrogens with one attached hydrogen (secondary N) is 1. The van der Waals surface area contributed by atoms with Crippen molar-refractivity contribution in [1.29, 1.82) is 0 Å². The van der Waals surface area contributed by atoms with Gasteiger partial charge in [0, 0.05) is 6.54 Å². The van der Waals surface area contributed by atoms with Crippen LogP contribution in [0.2, 0.25) is 0 Å². The van der Waals surface area contributed by atoms with Crippen LogP contribution < -0.4 is 5.32 Å². The van der Waals surface area contributed by atoms with Gasteiger partial charge < -0.3 is 13.9 Å². The first kappa shape index (κ1) is 17.0. The first-order valence-electron chi connectivity index (χ1n) is 6.36. The average Bonchev–Trinajstić information content (AvgIpc) is 3.06. The van der Waals surface area contributed by atoms with Gasteiger partial charge in [0.05, 0.1) is 12.8 Å². The van der Waals surface area contributed by atoms with Gasteiger partial charge in [0.2, 0.25) is 5.91 Å². The number of aromatic nitrogens is 2. The van der Waals surface area contributed by atoms with Crippen molar-refractivity contribution in [1.82, 2.24) is 15.1 Å². The van der Waals surface area contributed by atoms with E-state index in [0.717, 1.165) is 4.90 Å². The molecule has 2 aromatic rings. The number of aliphatic hydroxyl groups excluding tert-OH is 1. The monoisotopic (exact) mass is 334 g/mol. The summed E-state index contributed by atoms with van der Waals surface area (Å²) in [5, 5.41) is 18.4. The van der Waals surface area contributed by atoms with Crippen LogP contribution in [0.15, 0.2) is 27.2 Å². The van der Waals surface area contributed by atoms with Gasteiger partial charge in [0.1, 0.15) is 0 Å². The maximum absolute atomic E-state index is 12.2. The van der Waals surface area contributed by atoms with Gasteiger partial charge in [0.15, 0.2) is 11.9 Å². The molecular weight excluding hydrogens is 321 g/mol. The minimum Gasteiger partial charge on any atom is -0.459 e. The van der Waals surface area contributed by atoms with E-state index < -0.39 is 31.3 Å². The Morgan fingerprint density at radius 2 is 2.22 bits per heavy atom. The van der Waals surface area contributed by atoms with Gasteiger partial charge in [-0.05, 0) is 19.2 Å². The summed E-state index contributed by atoms with van der Waals surface area (Å²) in [6.45, 7) is -1.13. The molecule has 0 radical (unpaired) electrons. The molecular formula is C12H13F3N4O4. The molecule has 2 N–H and O–H groups in total. The molecule has 0 saturated carbocycles. The van der Waals surface area contributed by atoms with Crippen LogP contribution in [0.25, 0.3) is 11.7 Å². The van der Waals surface area contributed by atoms with Crippen molar-refractivity contribution in [2.75, 3.05) is 25.5 Å². The quantitative estimate of drug-likeness (QED) is 0.816. The normalized spacial score (nSPS) is 13.3. The number of aliphatic hydroxyl groups is 1. The third-order valence-corrected chi connectivity index (χ3v) is 2.68. The van der Waals surface area contributed by atoms with Crippen LogP contribution in [0.4, 0.5) is 19.2 Å². The third-order valence-electron chi connectivity index (χ3n) is 2.68. The second-order valence-electron chi connectivity index (χ2n) is 4.69. The number of hydrogen-bond donors (Lipinski definition) is 2. The van der Waals surface area contributed by atoms with Crippen molar-refractivity contribution in [2.24, 2.45) is 0 Å². The number of alkyl halides is 3. The number of carbonyl (C=O) groups is 1. The molecule has 0 aliphatic carbocycles. The Kier molecular flexibility index (Phi) is 5.01. The lowest BCUT2D eigenvalue weighted by atomic mass is 10.3. The van der Waals surface area contributed by atoms with Crippen molar-refractivity contribution in [2.45, 2.75) is 12.3 Å². The number of nitrogens with zero attached hydrogens (tertiary/aromatic N) is 3. The summed E-state index contributed by atoms with van der Waals surface area (Å²) < 4.78 is 46.8. The van der Waals surface area contributed by atoms with Crippen molar-refractivity contribution in [3.8, 4) is 11.7 Å². The number of carbonyl (C=O) groups excluding carboxylic acids is 1. The lowest BCUT2D eigenvalue weighted by Gasteiger charge is -2.21. The predicted octanol–water partition coefficient (Wildman–Crippen LogP) is 1.12. The Morgan fingerprint density at radius 1 is 1.48 bits per heavy atom. The van der Waals surface area contributed by atoms with Gasteiger partial charge in [-0.15, -0.1) is 5.10 Å². The molecule has 1 unspecified atom stereocenters. The van der Waals surface area contributed by atoms with E-state index >= 15 is 0 Å². The van der Waals surface area contributed by atoms with Gasteiger partial charge in [-0.3, -0.25) is 15.0 Å². The van der Waals surface area contributed by atoms with Crippen LogP contribution in [-0.2, 0) is 4.79 Å². The Hall–Kier alpha value is -2.40. The van der Waals surface area contributed by atoms with Gasteiger partial charge in [-0.1, -0.05) is 5.10 Å². The van der Waals surface area contributed by atoms with Crippen LogP contribution >= 0.6 is 0 Å². The Morgan fingerprint density at radius 3 is 2.83 bits per heavy atom. The van der Waals surface area contributed by atoms with E-state index in [-0.39, 0.29) is 11.9 Å². The lowest BCUT2D eigenvalue weighted by Crippen LogP contribution is -2.42. The summed E-state index contributed by atoms with van der Waals surface area (Å²) in [4.78, 5) is 12.7. The highest BCUT2D eigenvalue weighted by Crippen LogP contribution is 2.21. The van der Waals surface area contributed by atoms with Gasteiger partial charge in [0.25, 0.3) is 5.89 Å². The van der Waals surface area contributed by atoms with E-state index in [9.17, 15) is 18.0 Å². The molecule has 2 rings (SSSR count). The van der Waals surface area contributed by atoms with Gasteiger partial charge >= 0.3 is 12.2 Å². The number of likely N-dealkylation sites (N-methyl/N-ethyl adjacent to an activating group) is 1. The maximum atomic E-state index is 12.2. The highest BCUT2D eigenvalue weighted by Gasteiger charge is 2.38. The van der Waals surface area contributed by atoms with Gasteiger partial charge in [-0.25, -0.2) is 0 Å². The summed E-state index contributed by atoms with van der Waals surface area (Å²) in [6.07, 6.45) is -5.87. The molecule has 1 atom stereocenters. The number of anilines is 1. The molecule has 0 aliphatic rings. The molecule has 0 spiro atoms. The second-order valence-corrected chi connectivity index (χ2v) is 4.69. The molecule has 23 heavy (non-hydrogen) atoms. The van der Waals surface area contributed by atoms with E-state index in [1.807, 2.05) is 0 Å². The highest BCUT2D eigenvalue weighted by molar-refractivity contribution is 5.90. The fraction of sp³-hybridized carbons (Fsp3) is 0.417. The number of halogens is 3. The lowest BCUT2D eigenvalue weighted by molar-refractivity contribution is -0.207.